The van der Waals surface area contributed by atoms with Crippen LogP contribution in [0.5, 0.6) is 0 Å². The second-order valence-corrected chi connectivity index (χ2v) is 4.01. The Morgan fingerprint density at radius 1 is 1.69 bits per heavy atom. The normalized spacial score (nSPS) is 14.1. The van der Waals surface area contributed by atoms with Crippen molar-refractivity contribution in [3.63, 3.8) is 0 Å². The second kappa shape index (κ2) is 5.54. The Bertz CT molecular complexity index is 340. The summed E-state index contributed by atoms with van der Waals surface area (Å²) in [5.41, 5.74) is -0.364. The van der Waals surface area contributed by atoms with Crippen molar-refractivity contribution in [2.45, 2.75) is 32.1 Å². The van der Waals surface area contributed by atoms with Crippen LogP contribution >= 0.6 is 0 Å². The van der Waals surface area contributed by atoms with Crippen molar-refractivity contribution in [1.29, 1.82) is 0 Å². The quantitative estimate of drug-likeness (QED) is 0.548. The first-order valence-corrected chi connectivity index (χ1v) is 5.43. The molecule has 0 spiro atoms. The van der Waals surface area contributed by atoms with Crippen molar-refractivity contribution < 1.29 is 13.9 Å². The highest BCUT2D eigenvalue weighted by atomic mass is 16.5. The molecule has 88 valence electrons. The van der Waals surface area contributed by atoms with Crippen molar-refractivity contribution in [3.8, 4) is 0 Å². The van der Waals surface area contributed by atoms with Gasteiger partial charge in [-0.25, -0.2) is 0 Å². The summed E-state index contributed by atoms with van der Waals surface area (Å²) in [5.74, 6) is 0.587. The fourth-order valence-corrected chi connectivity index (χ4v) is 1.73. The minimum Gasteiger partial charge on any atom is -0.469 e. The van der Waals surface area contributed by atoms with Crippen molar-refractivity contribution in [3.05, 3.63) is 36.8 Å². The first kappa shape index (κ1) is 12.6. The van der Waals surface area contributed by atoms with Crippen LogP contribution in [0, 0.1) is 0 Å². The molecule has 3 nitrogen and oxygen atoms in total. The molecule has 0 saturated heterocycles. The maximum atomic E-state index is 11.5. The fraction of sp³-hybridized carbons (Fsp3) is 0.462. The van der Waals surface area contributed by atoms with Crippen LogP contribution in [-0.2, 0) is 14.9 Å². The molecule has 0 fully saturated rings. The molecular weight excluding hydrogens is 204 g/mol. The molecule has 0 aliphatic heterocycles. The molecule has 0 bridgehead atoms. The molecule has 0 aliphatic carbocycles. The number of carbonyl (C=O) groups is 1. The van der Waals surface area contributed by atoms with Gasteiger partial charge in [0.1, 0.15) is 5.76 Å². The molecule has 1 rings (SSSR count). The third-order valence-electron chi connectivity index (χ3n) is 2.55. The Morgan fingerprint density at radius 3 is 2.94 bits per heavy atom. The minimum atomic E-state index is -0.364. The van der Waals surface area contributed by atoms with Crippen molar-refractivity contribution in [1.82, 2.24) is 0 Å². The number of esters is 1. The molecule has 0 radical (unpaired) electrons. The number of furan rings is 1. The predicted octanol–water partition coefficient (Wildman–Crippen LogP) is 3.07. The second-order valence-electron chi connectivity index (χ2n) is 4.01. The van der Waals surface area contributed by atoms with E-state index in [1.165, 1.54) is 0 Å². The Kier molecular flexibility index (Phi) is 4.35. The molecular formula is C13H18O3. The van der Waals surface area contributed by atoms with Crippen LogP contribution in [0.1, 0.15) is 32.4 Å². The van der Waals surface area contributed by atoms with E-state index in [2.05, 4.69) is 6.58 Å². The summed E-state index contributed by atoms with van der Waals surface area (Å²) in [6.07, 6.45) is 4.39. The van der Waals surface area contributed by atoms with Gasteiger partial charge in [0.05, 0.1) is 19.3 Å². The van der Waals surface area contributed by atoms with Crippen molar-refractivity contribution in [2.75, 3.05) is 6.61 Å². The molecule has 1 aromatic heterocycles. The Morgan fingerprint density at radius 2 is 2.44 bits per heavy atom. The predicted molar refractivity (Wildman–Crippen MR) is 62.1 cm³/mol. The Balaban J connectivity index is 2.80. The summed E-state index contributed by atoms with van der Waals surface area (Å²) in [4.78, 5) is 11.5. The lowest BCUT2D eigenvalue weighted by atomic mass is 9.81. The molecule has 0 N–H and O–H groups in total. The van der Waals surface area contributed by atoms with Gasteiger partial charge in [-0.3, -0.25) is 4.79 Å². The van der Waals surface area contributed by atoms with E-state index in [0.717, 1.165) is 5.76 Å². The Hall–Kier alpha value is -1.51. The van der Waals surface area contributed by atoms with Gasteiger partial charge in [0.25, 0.3) is 0 Å². The van der Waals surface area contributed by atoms with E-state index in [0.29, 0.717) is 19.4 Å². The summed E-state index contributed by atoms with van der Waals surface area (Å²) in [7, 11) is 0. The topological polar surface area (TPSA) is 39.4 Å². The van der Waals surface area contributed by atoms with Gasteiger partial charge in [-0.2, -0.15) is 0 Å². The molecule has 16 heavy (non-hydrogen) atoms. The summed E-state index contributed by atoms with van der Waals surface area (Å²) in [6, 6.07) is 3.70. The molecule has 1 unspecified atom stereocenters. The number of carbonyl (C=O) groups excluding carboxylic acids is 1. The maximum Gasteiger partial charge on any atom is 0.306 e. The zero-order valence-electron chi connectivity index (χ0n) is 9.86. The van der Waals surface area contributed by atoms with E-state index in [1.54, 1.807) is 19.3 Å². The lowest BCUT2D eigenvalue weighted by Crippen LogP contribution is -2.25. The average molecular weight is 222 g/mol. The highest BCUT2D eigenvalue weighted by molar-refractivity contribution is 5.71. The first-order chi connectivity index (χ1) is 7.62. The highest BCUT2D eigenvalue weighted by Gasteiger charge is 2.31. The van der Waals surface area contributed by atoms with Crippen LogP contribution in [0.15, 0.2) is 35.5 Å². The third kappa shape index (κ3) is 2.99. The number of allylic oxidation sites excluding steroid dienone is 1. The van der Waals surface area contributed by atoms with Crippen molar-refractivity contribution >= 4 is 5.97 Å². The smallest absolute Gasteiger partial charge is 0.306 e. The highest BCUT2D eigenvalue weighted by Crippen LogP contribution is 2.32. The molecule has 0 aromatic carbocycles. The van der Waals surface area contributed by atoms with Crippen LogP contribution in [0.3, 0.4) is 0 Å². The molecule has 0 aliphatic rings. The van der Waals surface area contributed by atoms with E-state index in [4.69, 9.17) is 9.15 Å². The van der Waals surface area contributed by atoms with Crippen LogP contribution < -0.4 is 0 Å². The van der Waals surface area contributed by atoms with Crippen molar-refractivity contribution in [2.24, 2.45) is 0 Å². The number of hydrogen-bond donors (Lipinski definition) is 0. The van der Waals surface area contributed by atoms with E-state index in [9.17, 15) is 4.79 Å². The van der Waals surface area contributed by atoms with E-state index in [1.807, 2.05) is 19.1 Å². The monoisotopic (exact) mass is 222 g/mol. The molecule has 1 aromatic rings. The number of ether oxygens (including phenoxy) is 1. The zero-order chi connectivity index (χ0) is 12.0. The van der Waals surface area contributed by atoms with E-state index < -0.39 is 0 Å². The van der Waals surface area contributed by atoms with Crippen LogP contribution in [0.4, 0.5) is 0 Å². The molecule has 3 heteroatoms. The Labute approximate surface area is 96.1 Å². The largest absolute Gasteiger partial charge is 0.469 e. The zero-order valence-corrected chi connectivity index (χ0v) is 9.86. The fourth-order valence-electron chi connectivity index (χ4n) is 1.73. The standard InChI is InChI=1S/C13H18O3/c1-4-8-13(3,10-12(14)15-5-2)11-7-6-9-16-11/h4,6-7,9H,1,5,8,10H2,2-3H3. The third-order valence-corrected chi connectivity index (χ3v) is 2.55. The lowest BCUT2D eigenvalue weighted by Gasteiger charge is -2.24. The van der Waals surface area contributed by atoms with Gasteiger partial charge in [0.15, 0.2) is 0 Å². The van der Waals surface area contributed by atoms with E-state index in [-0.39, 0.29) is 11.4 Å². The van der Waals surface area contributed by atoms with Crippen LogP contribution in [0.25, 0.3) is 0 Å². The minimum absolute atomic E-state index is 0.205. The molecule has 0 saturated carbocycles. The van der Waals surface area contributed by atoms with Gasteiger partial charge in [0, 0.05) is 5.41 Å². The number of hydrogen-bond acceptors (Lipinski definition) is 3. The van der Waals surface area contributed by atoms with Gasteiger partial charge >= 0.3 is 5.97 Å². The molecule has 0 amide bonds. The van der Waals surface area contributed by atoms with Gasteiger partial charge in [-0.15, -0.1) is 6.58 Å². The van der Waals surface area contributed by atoms with Crippen LogP contribution in [-0.4, -0.2) is 12.6 Å². The SMILES string of the molecule is C=CCC(C)(CC(=O)OCC)c1ccco1. The average Bonchev–Trinajstić information content (AvgIpc) is 2.71. The maximum absolute atomic E-state index is 11.5. The molecule has 1 heterocycles. The van der Waals surface area contributed by atoms with Crippen LogP contribution in [0.2, 0.25) is 0 Å². The molecule has 1 atom stereocenters. The van der Waals surface area contributed by atoms with Gasteiger partial charge < -0.3 is 9.15 Å². The first-order valence-electron chi connectivity index (χ1n) is 5.43. The summed E-state index contributed by atoms with van der Waals surface area (Å²) >= 11 is 0. The van der Waals surface area contributed by atoms with Gasteiger partial charge in [0.2, 0.25) is 0 Å². The lowest BCUT2D eigenvalue weighted by molar-refractivity contribution is -0.144. The van der Waals surface area contributed by atoms with E-state index >= 15 is 0 Å². The summed E-state index contributed by atoms with van der Waals surface area (Å²) in [6.45, 7) is 7.90. The van der Waals surface area contributed by atoms with Gasteiger partial charge in [-0.1, -0.05) is 13.0 Å². The summed E-state index contributed by atoms with van der Waals surface area (Å²) < 4.78 is 10.3. The summed E-state index contributed by atoms with van der Waals surface area (Å²) in [5, 5.41) is 0. The number of rotatable bonds is 6. The van der Waals surface area contributed by atoms with Gasteiger partial charge in [-0.05, 0) is 25.5 Å².